The number of amides is 1. The van der Waals surface area contributed by atoms with Crippen LogP contribution in [0.15, 0.2) is 29.2 Å². The average Bonchev–Trinajstić information content (AvgIpc) is 2.85. The van der Waals surface area contributed by atoms with Crippen LogP contribution in [0.25, 0.3) is 0 Å². The molecule has 4 heteroatoms. The number of fused-ring (bicyclic) bond motifs is 1. The molecule has 3 rings (SSSR count). The summed E-state index contributed by atoms with van der Waals surface area (Å²) in [5.41, 5.74) is 0.832. The fraction of sp³-hybridized carbons (Fsp3) is 0.611. The summed E-state index contributed by atoms with van der Waals surface area (Å²) < 4.78 is 0. The van der Waals surface area contributed by atoms with Crippen molar-refractivity contribution in [2.75, 3.05) is 26.2 Å². The van der Waals surface area contributed by atoms with Crippen molar-refractivity contribution in [1.82, 2.24) is 10.2 Å². The largest absolute Gasteiger partial charge is 0.339 e. The van der Waals surface area contributed by atoms with Crippen molar-refractivity contribution in [1.29, 1.82) is 0 Å². The molecule has 1 aromatic carbocycles. The summed E-state index contributed by atoms with van der Waals surface area (Å²) in [7, 11) is 0. The van der Waals surface area contributed by atoms with Crippen molar-refractivity contribution in [3.63, 3.8) is 0 Å². The summed E-state index contributed by atoms with van der Waals surface area (Å²) in [4.78, 5) is 16.0. The summed E-state index contributed by atoms with van der Waals surface area (Å²) >= 11 is 1.84. The van der Waals surface area contributed by atoms with E-state index in [4.69, 9.17) is 0 Å². The second-order valence-corrected chi connectivity index (χ2v) is 8.39. The van der Waals surface area contributed by atoms with Crippen LogP contribution in [0.2, 0.25) is 0 Å². The van der Waals surface area contributed by atoms with Crippen LogP contribution in [0.5, 0.6) is 0 Å². The van der Waals surface area contributed by atoms with Gasteiger partial charge in [0, 0.05) is 28.8 Å². The summed E-state index contributed by atoms with van der Waals surface area (Å²) in [5, 5.41) is 4.05. The molecule has 0 aliphatic carbocycles. The Morgan fingerprint density at radius 3 is 2.27 bits per heavy atom. The maximum absolute atomic E-state index is 12.7. The highest BCUT2D eigenvalue weighted by Gasteiger charge is 2.31. The van der Waals surface area contributed by atoms with Gasteiger partial charge in [-0.25, -0.2) is 0 Å². The van der Waals surface area contributed by atoms with Crippen LogP contribution in [0.1, 0.15) is 37.0 Å². The predicted molar refractivity (Wildman–Crippen MR) is 92.4 cm³/mol. The zero-order valence-corrected chi connectivity index (χ0v) is 14.4. The Morgan fingerprint density at radius 1 is 1.14 bits per heavy atom. The van der Waals surface area contributed by atoms with E-state index in [1.807, 2.05) is 23.9 Å². The number of hydrogen-bond donors (Lipinski definition) is 1. The molecule has 2 atom stereocenters. The van der Waals surface area contributed by atoms with Gasteiger partial charge in [-0.15, -0.1) is 11.8 Å². The van der Waals surface area contributed by atoms with E-state index in [2.05, 4.69) is 36.2 Å². The Bertz CT molecular complexity index is 500. The van der Waals surface area contributed by atoms with Gasteiger partial charge in [-0.05, 0) is 62.0 Å². The molecule has 0 spiro atoms. The quantitative estimate of drug-likeness (QED) is 0.868. The number of benzene rings is 1. The minimum Gasteiger partial charge on any atom is -0.339 e. The summed E-state index contributed by atoms with van der Waals surface area (Å²) in [5.74, 6) is 1.74. The highest BCUT2D eigenvalue weighted by molar-refractivity contribution is 7.99. The lowest BCUT2D eigenvalue weighted by Gasteiger charge is -2.21. The Kier molecular flexibility index (Phi) is 5.09. The van der Waals surface area contributed by atoms with Crippen molar-refractivity contribution in [2.24, 2.45) is 11.8 Å². The predicted octanol–water partition coefficient (Wildman–Crippen LogP) is 3.26. The van der Waals surface area contributed by atoms with Crippen LogP contribution in [-0.2, 0) is 0 Å². The summed E-state index contributed by atoms with van der Waals surface area (Å²) in [6, 6.07) is 8.13. The van der Waals surface area contributed by atoms with E-state index in [0.717, 1.165) is 56.4 Å². The van der Waals surface area contributed by atoms with Crippen molar-refractivity contribution in [3.05, 3.63) is 29.8 Å². The van der Waals surface area contributed by atoms with Gasteiger partial charge in [-0.3, -0.25) is 4.79 Å². The van der Waals surface area contributed by atoms with Gasteiger partial charge in [-0.1, -0.05) is 13.8 Å². The normalized spacial score (nSPS) is 25.1. The molecular formula is C18H26N2OS. The van der Waals surface area contributed by atoms with Crippen molar-refractivity contribution < 1.29 is 4.79 Å². The van der Waals surface area contributed by atoms with Crippen LogP contribution in [0.4, 0.5) is 0 Å². The first-order valence-corrected chi connectivity index (χ1v) is 9.28. The molecule has 2 saturated heterocycles. The average molecular weight is 318 g/mol. The first-order chi connectivity index (χ1) is 10.6. The number of likely N-dealkylation sites (tertiary alicyclic amines) is 1. The topological polar surface area (TPSA) is 32.3 Å². The molecule has 2 aliphatic rings. The minimum absolute atomic E-state index is 0.203. The second kappa shape index (κ2) is 7.05. The Morgan fingerprint density at radius 2 is 1.73 bits per heavy atom. The number of carbonyl (C=O) groups excluding carboxylic acids is 1. The first kappa shape index (κ1) is 15.9. The lowest BCUT2D eigenvalue weighted by molar-refractivity contribution is 0.0758. The monoisotopic (exact) mass is 318 g/mol. The molecule has 3 nitrogen and oxygen atoms in total. The Hall–Kier alpha value is -1.00. The maximum Gasteiger partial charge on any atom is 0.253 e. The van der Waals surface area contributed by atoms with Crippen LogP contribution in [0, 0.1) is 11.8 Å². The lowest BCUT2D eigenvalue weighted by Crippen LogP contribution is -2.32. The smallest absolute Gasteiger partial charge is 0.253 e. The molecule has 1 aromatic rings. The van der Waals surface area contributed by atoms with Crippen LogP contribution >= 0.6 is 11.8 Å². The highest BCUT2D eigenvalue weighted by Crippen LogP contribution is 2.28. The van der Waals surface area contributed by atoms with E-state index >= 15 is 0 Å². The Labute approximate surface area is 137 Å². The standard InChI is InChI=1S/C18H26N2OS/c1-13(2)22-17-5-3-14(4-6-17)18(21)20-9-7-15-11-19-12-16(15)8-10-20/h3-6,13,15-16,19H,7-12H2,1-2H3/t15-,16+. The third kappa shape index (κ3) is 3.66. The van der Waals surface area contributed by atoms with Gasteiger partial charge in [0.05, 0.1) is 0 Å². The van der Waals surface area contributed by atoms with Gasteiger partial charge in [0.1, 0.15) is 0 Å². The number of thioether (sulfide) groups is 1. The lowest BCUT2D eigenvalue weighted by atomic mass is 9.92. The highest BCUT2D eigenvalue weighted by atomic mass is 32.2. The van der Waals surface area contributed by atoms with Gasteiger partial charge in [-0.2, -0.15) is 0 Å². The van der Waals surface area contributed by atoms with Gasteiger partial charge >= 0.3 is 0 Å². The zero-order chi connectivity index (χ0) is 15.5. The van der Waals surface area contributed by atoms with Crippen LogP contribution < -0.4 is 5.32 Å². The van der Waals surface area contributed by atoms with Crippen LogP contribution in [0.3, 0.4) is 0 Å². The maximum atomic E-state index is 12.7. The molecule has 0 aromatic heterocycles. The van der Waals surface area contributed by atoms with Gasteiger partial charge in [0.2, 0.25) is 0 Å². The molecule has 22 heavy (non-hydrogen) atoms. The molecule has 0 radical (unpaired) electrons. The number of nitrogens with one attached hydrogen (secondary N) is 1. The molecule has 1 amide bonds. The second-order valence-electron chi connectivity index (χ2n) is 6.74. The summed E-state index contributed by atoms with van der Waals surface area (Å²) in [6.45, 7) is 8.45. The van der Waals surface area contributed by atoms with E-state index in [1.165, 1.54) is 4.90 Å². The SMILES string of the molecule is CC(C)Sc1ccc(C(=O)N2CC[C@@H]3CNC[C@@H]3CC2)cc1. The molecule has 120 valence electrons. The van der Waals surface area contributed by atoms with Crippen molar-refractivity contribution >= 4 is 17.7 Å². The number of rotatable bonds is 3. The van der Waals surface area contributed by atoms with Crippen molar-refractivity contribution in [3.8, 4) is 0 Å². The van der Waals surface area contributed by atoms with Crippen LogP contribution in [-0.4, -0.2) is 42.2 Å². The van der Waals surface area contributed by atoms with Gasteiger partial charge < -0.3 is 10.2 Å². The van der Waals surface area contributed by atoms with Crippen molar-refractivity contribution in [2.45, 2.75) is 36.8 Å². The third-order valence-electron chi connectivity index (χ3n) is 4.78. The van der Waals surface area contributed by atoms with E-state index in [9.17, 15) is 4.79 Å². The number of carbonyl (C=O) groups is 1. The minimum atomic E-state index is 0.203. The van der Waals surface area contributed by atoms with E-state index in [0.29, 0.717) is 5.25 Å². The molecule has 2 fully saturated rings. The molecular weight excluding hydrogens is 292 g/mol. The molecule has 2 aliphatic heterocycles. The molecule has 2 heterocycles. The van der Waals surface area contributed by atoms with E-state index < -0.39 is 0 Å². The molecule has 1 N–H and O–H groups in total. The molecule has 0 unspecified atom stereocenters. The number of hydrogen-bond acceptors (Lipinski definition) is 3. The fourth-order valence-electron chi connectivity index (χ4n) is 3.55. The Balaban J connectivity index is 1.63. The zero-order valence-electron chi connectivity index (χ0n) is 13.5. The van der Waals surface area contributed by atoms with E-state index in [1.54, 1.807) is 0 Å². The summed E-state index contributed by atoms with van der Waals surface area (Å²) in [6.07, 6.45) is 2.29. The van der Waals surface area contributed by atoms with Gasteiger partial charge in [0.25, 0.3) is 5.91 Å². The first-order valence-electron chi connectivity index (χ1n) is 8.40. The molecule has 0 saturated carbocycles. The third-order valence-corrected chi connectivity index (χ3v) is 5.80. The molecule has 0 bridgehead atoms. The van der Waals surface area contributed by atoms with E-state index in [-0.39, 0.29) is 5.91 Å². The fourth-order valence-corrected chi connectivity index (χ4v) is 4.39. The van der Waals surface area contributed by atoms with Gasteiger partial charge in [0.15, 0.2) is 0 Å². The number of nitrogens with zero attached hydrogens (tertiary/aromatic N) is 1.